The minimum absolute atomic E-state index is 0.0807. The first-order valence-electron chi connectivity index (χ1n) is 8.87. The van der Waals surface area contributed by atoms with Crippen LogP contribution in [0.3, 0.4) is 0 Å². The Kier molecular flexibility index (Phi) is 7.57. The van der Waals surface area contributed by atoms with Gasteiger partial charge in [0, 0.05) is 26.7 Å². The molecule has 0 spiro atoms. The van der Waals surface area contributed by atoms with Crippen molar-refractivity contribution in [2.24, 2.45) is 16.8 Å². The van der Waals surface area contributed by atoms with Crippen LogP contribution in [0.4, 0.5) is 0 Å². The van der Waals surface area contributed by atoms with Crippen molar-refractivity contribution in [2.45, 2.75) is 19.8 Å². The molecule has 0 radical (unpaired) electrons. The Morgan fingerprint density at radius 3 is 2.72 bits per heavy atom. The molecule has 0 amide bonds. The second-order valence-corrected chi connectivity index (χ2v) is 6.35. The van der Waals surface area contributed by atoms with Gasteiger partial charge in [0.1, 0.15) is 5.75 Å². The van der Waals surface area contributed by atoms with Gasteiger partial charge in [0.05, 0.1) is 19.6 Å². The molecule has 2 unspecified atom stereocenters. The molecule has 1 saturated heterocycles. The number of esters is 1. The van der Waals surface area contributed by atoms with Gasteiger partial charge >= 0.3 is 5.97 Å². The predicted molar refractivity (Wildman–Crippen MR) is 98.8 cm³/mol. The van der Waals surface area contributed by atoms with E-state index in [1.54, 1.807) is 7.05 Å². The highest BCUT2D eigenvalue weighted by Gasteiger charge is 2.36. The second kappa shape index (κ2) is 9.91. The number of aliphatic imine (C=N–C) groups is 1. The van der Waals surface area contributed by atoms with Crippen LogP contribution in [0.25, 0.3) is 0 Å². The smallest absolute Gasteiger partial charge is 0.310 e. The number of methoxy groups -OCH3 is 1. The van der Waals surface area contributed by atoms with Crippen molar-refractivity contribution in [2.75, 3.05) is 40.4 Å². The van der Waals surface area contributed by atoms with E-state index in [0.29, 0.717) is 13.2 Å². The molecular weight excluding hydrogens is 318 g/mol. The largest absolute Gasteiger partial charge is 0.494 e. The van der Waals surface area contributed by atoms with E-state index in [-0.39, 0.29) is 17.8 Å². The Labute approximate surface area is 150 Å². The van der Waals surface area contributed by atoms with Crippen LogP contribution in [-0.4, -0.2) is 57.2 Å². The summed E-state index contributed by atoms with van der Waals surface area (Å²) in [7, 11) is 3.22. The van der Waals surface area contributed by atoms with Gasteiger partial charge in [0.15, 0.2) is 5.96 Å². The molecule has 1 fully saturated rings. The summed E-state index contributed by atoms with van der Waals surface area (Å²) in [6.45, 7) is 5.09. The van der Waals surface area contributed by atoms with Crippen molar-refractivity contribution >= 4 is 11.9 Å². The minimum atomic E-state index is -0.136. The number of nitrogens with zero attached hydrogens (tertiary/aromatic N) is 2. The van der Waals surface area contributed by atoms with Gasteiger partial charge in [-0.05, 0) is 30.9 Å². The number of hydrogen-bond acceptors (Lipinski definition) is 4. The summed E-state index contributed by atoms with van der Waals surface area (Å²) in [6, 6.07) is 9.85. The average Bonchev–Trinajstić information content (AvgIpc) is 3.03. The Hall–Kier alpha value is -2.24. The van der Waals surface area contributed by atoms with E-state index in [0.717, 1.165) is 37.6 Å². The van der Waals surface area contributed by atoms with Crippen molar-refractivity contribution in [3.63, 3.8) is 0 Å². The van der Waals surface area contributed by atoms with Crippen molar-refractivity contribution in [3.8, 4) is 5.75 Å². The lowest BCUT2D eigenvalue weighted by molar-refractivity contribution is -0.145. The third-order valence-electron chi connectivity index (χ3n) is 4.49. The Balaban J connectivity index is 1.66. The number of rotatable bonds is 7. The Morgan fingerprint density at radius 1 is 1.28 bits per heavy atom. The molecule has 1 aromatic carbocycles. The number of para-hydroxylation sites is 1. The normalized spacial score (nSPS) is 20.4. The first-order valence-corrected chi connectivity index (χ1v) is 8.87. The maximum Gasteiger partial charge on any atom is 0.310 e. The van der Waals surface area contributed by atoms with E-state index in [9.17, 15) is 4.79 Å². The number of unbranched alkanes of at least 4 members (excludes halogenated alkanes) is 1. The molecule has 0 aliphatic carbocycles. The fraction of sp³-hybridized carbons (Fsp3) is 0.579. The summed E-state index contributed by atoms with van der Waals surface area (Å²) in [5, 5.41) is 3.38. The van der Waals surface area contributed by atoms with E-state index in [1.807, 2.05) is 30.3 Å². The molecule has 2 rings (SSSR count). The number of likely N-dealkylation sites (tertiary alicyclic amines) is 1. The van der Waals surface area contributed by atoms with Crippen LogP contribution in [0.15, 0.2) is 35.3 Å². The molecule has 2 atom stereocenters. The van der Waals surface area contributed by atoms with E-state index in [4.69, 9.17) is 9.47 Å². The van der Waals surface area contributed by atoms with Crippen LogP contribution in [0, 0.1) is 11.8 Å². The zero-order chi connectivity index (χ0) is 18.1. The number of carbonyl (C=O) groups is 1. The lowest BCUT2D eigenvalue weighted by Gasteiger charge is -2.21. The van der Waals surface area contributed by atoms with E-state index in [2.05, 4.69) is 22.1 Å². The molecule has 25 heavy (non-hydrogen) atoms. The van der Waals surface area contributed by atoms with Gasteiger partial charge < -0.3 is 19.7 Å². The quantitative estimate of drug-likeness (QED) is 0.354. The average molecular weight is 347 g/mol. The van der Waals surface area contributed by atoms with Crippen LogP contribution in [0.1, 0.15) is 19.8 Å². The first kappa shape index (κ1) is 19.1. The molecule has 1 aromatic rings. The number of benzene rings is 1. The summed E-state index contributed by atoms with van der Waals surface area (Å²) < 4.78 is 10.6. The maximum atomic E-state index is 11.8. The molecule has 0 aromatic heterocycles. The summed E-state index contributed by atoms with van der Waals surface area (Å²) in [5.41, 5.74) is 0. The molecule has 0 saturated carbocycles. The molecule has 1 heterocycles. The predicted octanol–water partition coefficient (Wildman–Crippen LogP) is 2.16. The SMILES string of the molecule is CN=C(NCCCCOc1ccccc1)N1CC(C)C(C(=O)OC)C1. The van der Waals surface area contributed by atoms with E-state index in [1.165, 1.54) is 7.11 Å². The van der Waals surface area contributed by atoms with Crippen molar-refractivity contribution in [1.82, 2.24) is 10.2 Å². The monoisotopic (exact) mass is 347 g/mol. The van der Waals surface area contributed by atoms with Crippen LogP contribution in [0.2, 0.25) is 0 Å². The standard InChI is InChI=1S/C19H29N3O3/c1-15-13-22(14-17(15)18(23)24-3)19(20-2)21-11-7-8-12-25-16-9-5-4-6-10-16/h4-6,9-10,15,17H,7-8,11-14H2,1-3H3,(H,20,21). The van der Waals surface area contributed by atoms with Crippen LogP contribution < -0.4 is 10.1 Å². The number of guanidine groups is 1. The fourth-order valence-electron chi connectivity index (χ4n) is 3.06. The summed E-state index contributed by atoms with van der Waals surface area (Å²) >= 11 is 0. The third-order valence-corrected chi connectivity index (χ3v) is 4.49. The van der Waals surface area contributed by atoms with Crippen molar-refractivity contribution < 1.29 is 14.3 Å². The highest BCUT2D eigenvalue weighted by Crippen LogP contribution is 2.24. The van der Waals surface area contributed by atoms with Gasteiger partial charge in [0.2, 0.25) is 0 Å². The Morgan fingerprint density at radius 2 is 2.04 bits per heavy atom. The minimum Gasteiger partial charge on any atom is -0.494 e. The fourth-order valence-corrected chi connectivity index (χ4v) is 3.06. The highest BCUT2D eigenvalue weighted by molar-refractivity contribution is 5.82. The maximum absolute atomic E-state index is 11.8. The van der Waals surface area contributed by atoms with Crippen LogP contribution >= 0.6 is 0 Å². The molecule has 1 aliphatic heterocycles. The molecule has 1 aliphatic rings. The molecule has 138 valence electrons. The Bertz CT molecular complexity index is 562. The van der Waals surface area contributed by atoms with Crippen LogP contribution in [0.5, 0.6) is 5.75 Å². The lowest BCUT2D eigenvalue weighted by atomic mass is 9.99. The lowest BCUT2D eigenvalue weighted by Crippen LogP contribution is -2.41. The number of nitrogens with one attached hydrogen (secondary N) is 1. The molecular formula is C19H29N3O3. The van der Waals surface area contributed by atoms with Gasteiger partial charge in [-0.15, -0.1) is 0 Å². The number of hydrogen-bond donors (Lipinski definition) is 1. The molecule has 6 nitrogen and oxygen atoms in total. The van der Waals surface area contributed by atoms with Gasteiger partial charge in [-0.25, -0.2) is 0 Å². The third kappa shape index (κ3) is 5.66. The van der Waals surface area contributed by atoms with Crippen molar-refractivity contribution in [1.29, 1.82) is 0 Å². The van der Waals surface area contributed by atoms with Gasteiger partial charge in [-0.1, -0.05) is 25.1 Å². The van der Waals surface area contributed by atoms with E-state index >= 15 is 0 Å². The summed E-state index contributed by atoms with van der Waals surface area (Å²) in [4.78, 5) is 18.3. The molecule has 1 N–H and O–H groups in total. The van der Waals surface area contributed by atoms with Gasteiger partial charge in [-0.3, -0.25) is 9.79 Å². The topological polar surface area (TPSA) is 63.2 Å². The summed E-state index contributed by atoms with van der Waals surface area (Å²) in [5.74, 6) is 1.81. The number of ether oxygens (including phenoxy) is 2. The molecule has 6 heteroatoms. The van der Waals surface area contributed by atoms with Crippen LogP contribution in [-0.2, 0) is 9.53 Å². The first-order chi connectivity index (χ1) is 12.2. The van der Waals surface area contributed by atoms with Gasteiger partial charge in [0.25, 0.3) is 0 Å². The molecule has 0 bridgehead atoms. The zero-order valence-corrected chi connectivity index (χ0v) is 15.4. The second-order valence-electron chi connectivity index (χ2n) is 6.35. The number of carbonyl (C=O) groups excluding carboxylic acids is 1. The van der Waals surface area contributed by atoms with E-state index < -0.39 is 0 Å². The summed E-state index contributed by atoms with van der Waals surface area (Å²) in [6.07, 6.45) is 1.97. The highest BCUT2D eigenvalue weighted by atomic mass is 16.5. The van der Waals surface area contributed by atoms with Gasteiger partial charge in [-0.2, -0.15) is 0 Å². The zero-order valence-electron chi connectivity index (χ0n) is 15.4. The van der Waals surface area contributed by atoms with Crippen molar-refractivity contribution in [3.05, 3.63) is 30.3 Å².